The van der Waals surface area contributed by atoms with Gasteiger partial charge in [0.15, 0.2) is 0 Å². The van der Waals surface area contributed by atoms with Crippen molar-refractivity contribution in [2.75, 3.05) is 6.54 Å². The van der Waals surface area contributed by atoms with Gasteiger partial charge in [-0.15, -0.1) is 0 Å². The summed E-state index contributed by atoms with van der Waals surface area (Å²) in [6, 6.07) is 9.91. The van der Waals surface area contributed by atoms with Gasteiger partial charge < -0.3 is 14.5 Å². The maximum Gasteiger partial charge on any atom is 0.146 e. The Morgan fingerprint density at radius 1 is 1.21 bits per heavy atom. The molecule has 1 aromatic heterocycles. The topological polar surface area (TPSA) is 34.4 Å². The Bertz CT molecular complexity index is 537. The van der Waals surface area contributed by atoms with Gasteiger partial charge >= 0.3 is 0 Å². The zero-order valence-corrected chi connectivity index (χ0v) is 12.8. The van der Waals surface area contributed by atoms with Crippen molar-refractivity contribution in [3.63, 3.8) is 0 Å². The molecule has 0 bridgehead atoms. The second-order valence-electron chi connectivity index (χ2n) is 4.35. The SMILES string of the molecule is CCNCc1ccc(COc2ccc(Br)cc2C)o1. The van der Waals surface area contributed by atoms with Gasteiger partial charge in [-0.05, 0) is 49.4 Å². The molecule has 0 unspecified atom stereocenters. The van der Waals surface area contributed by atoms with E-state index in [1.54, 1.807) is 0 Å². The predicted octanol–water partition coefficient (Wildman–Crippen LogP) is 4.04. The van der Waals surface area contributed by atoms with Gasteiger partial charge in [0.2, 0.25) is 0 Å². The molecule has 0 spiro atoms. The molecular formula is C15H18BrNO2. The minimum atomic E-state index is 0.453. The number of nitrogens with one attached hydrogen (secondary N) is 1. The number of rotatable bonds is 6. The van der Waals surface area contributed by atoms with E-state index in [-0.39, 0.29) is 0 Å². The zero-order valence-electron chi connectivity index (χ0n) is 11.2. The van der Waals surface area contributed by atoms with Crippen molar-refractivity contribution in [2.45, 2.75) is 27.0 Å². The molecule has 1 N–H and O–H groups in total. The molecule has 3 nitrogen and oxygen atoms in total. The van der Waals surface area contributed by atoms with Crippen LogP contribution in [0.3, 0.4) is 0 Å². The summed E-state index contributed by atoms with van der Waals surface area (Å²) in [6.45, 7) is 6.25. The number of furan rings is 1. The van der Waals surface area contributed by atoms with Crippen molar-refractivity contribution in [3.8, 4) is 5.75 Å². The first-order valence-electron chi connectivity index (χ1n) is 6.36. The van der Waals surface area contributed by atoms with Crippen LogP contribution in [0.5, 0.6) is 5.75 Å². The largest absolute Gasteiger partial charge is 0.485 e. The third-order valence-corrected chi connectivity index (χ3v) is 3.27. The average Bonchev–Trinajstić information content (AvgIpc) is 2.83. The minimum Gasteiger partial charge on any atom is -0.485 e. The Balaban J connectivity index is 1.92. The first kappa shape index (κ1) is 14.2. The zero-order chi connectivity index (χ0) is 13.7. The number of hydrogen-bond donors (Lipinski definition) is 1. The standard InChI is InChI=1S/C15H18BrNO2/c1-3-17-9-13-5-6-14(19-13)10-18-15-7-4-12(16)8-11(15)2/h4-8,17H,3,9-10H2,1-2H3. The van der Waals surface area contributed by atoms with Crippen LogP contribution in [-0.4, -0.2) is 6.54 Å². The molecule has 0 saturated carbocycles. The van der Waals surface area contributed by atoms with E-state index in [0.717, 1.165) is 40.4 Å². The smallest absolute Gasteiger partial charge is 0.146 e. The summed E-state index contributed by atoms with van der Waals surface area (Å²) in [5.74, 6) is 2.66. The Labute approximate surface area is 122 Å². The third-order valence-electron chi connectivity index (χ3n) is 2.77. The fourth-order valence-corrected chi connectivity index (χ4v) is 2.24. The number of halogens is 1. The molecule has 0 amide bonds. The van der Waals surface area contributed by atoms with Gasteiger partial charge in [0.25, 0.3) is 0 Å². The molecule has 4 heteroatoms. The lowest BCUT2D eigenvalue weighted by Crippen LogP contribution is -2.10. The lowest BCUT2D eigenvalue weighted by Gasteiger charge is -2.07. The summed E-state index contributed by atoms with van der Waals surface area (Å²) < 4.78 is 12.5. The van der Waals surface area contributed by atoms with E-state index >= 15 is 0 Å². The first-order chi connectivity index (χ1) is 9.19. The molecule has 0 saturated heterocycles. The monoisotopic (exact) mass is 323 g/mol. The Morgan fingerprint density at radius 2 is 2.00 bits per heavy atom. The average molecular weight is 324 g/mol. The normalized spacial score (nSPS) is 10.7. The highest BCUT2D eigenvalue weighted by Crippen LogP contribution is 2.23. The van der Waals surface area contributed by atoms with Crippen LogP contribution in [0.25, 0.3) is 0 Å². The molecule has 1 heterocycles. The number of aryl methyl sites for hydroxylation is 1. The summed E-state index contributed by atoms with van der Waals surface area (Å²) in [6.07, 6.45) is 0. The van der Waals surface area contributed by atoms with Gasteiger partial charge in [-0.25, -0.2) is 0 Å². The quantitative estimate of drug-likeness (QED) is 0.871. The maximum atomic E-state index is 5.76. The van der Waals surface area contributed by atoms with E-state index in [4.69, 9.17) is 9.15 Å². The molecule has 102 valence electrons. The van der Waals surface area contributed by atoms with E-state index in [0.29, 0.717) is 6.61 Å². The van der Waals surface area contributed by atoms with Crippen LogP contribution in [-0.2, 0) is 13.2 Å². The van der Waals surface area contributed by atoms with Crippen molar-refractivity contribution in [2.24, 2.45) is 0 Å². The minimum absolute atomic E-state index is 0.453. The lowest BCUT2D eigenvalue weighted by molar-refractivity contribution is 0.263. The van der Waals surface area contributed by atoms with Crippen molar-refractivity contribution in [3.05, 3.63) is 51.9 Å². The Morgan fingerprint density at radius 3 is 2.74 bits per heavy atom. The number of hydrogen-bond acceptors (Lipinski definition) is 3. The molecule has 1 aromatic carbocycles. The molecular weight excluding hydrogens is 306 g/mol. The molecule has 2 aromatic rings. The van der Waals surface area contributed by atoms with Crippen molar-refractivity contribution in [1.82, 2.24) is 5.32 Å². The highest BCUT2D eigenvalue weighted by Gasteiger charge is 2.04. The molecule has 2 rings (SSSR count). The molecule has 0 radical (unpaired) electrons. The highest BCUT2D eigenvalue weighted by molar-refractivity contribution is 9.10. The summed E-state index contributed by atoms with van der Waals surface area (Å²) in [7, 11) is 0. The van der Waals surface area contributed by atoms with Gasteiger partial charge in [-0.3, -0.25) is 0 Å². The Kier molecular flexibility index (Phi) is 5.05. The molecule has 0 aliphatic heterocycles. The maximum absolute atomic E-state index is 5.76. The van der Waals surface area contributed by atoms with E-state index in [1.807, 2.05) is 37.3 Å². The third kappa shape index (κ3) is 4.11. The van der Waals surface area contributed by atoms with Gasteiger partial charge in [0, 0.05) is 4.47 Å². The summed E-state index contributed by atoms with van der Waals surface area (Å²) in [5, 5.41) is 3.23. The van der Waals surface area contributed by atoms with Crippen LogP contribution in [0, 0.1) is 6.92 Å². The molecule has 0 aliphatic carbocycles. The fraction of sp³-hybridized carbons (Fsp3) is 0.333. The van der Waals surface area contributed by atoms with E-state index in [1.165, 1.54) is 0 Å². The summed E-state index contributed by atoms with van der Waals surface area (Å²) in [5.41, 5.74) is 1.11. The Hall–Kier alpha value is -1.26. The van der Waals surface area contributed by atoms with E-state index in [2.05, 4.69) is 28.2 Å². The van der Waals surface area contributed by atoms with Crippen LogP contribution in [0.1, 0.15) is 24.0 Å². The molecule has 0 aliphatic rings. The van der Waals surface area contributed by atoms with Crippen molar-refractivity contribution >= 4 is 15.9 Å². The molecule has 0 atom stereocenters. The van der Waals surface area contributed by atoms with E-state index in [9.17, 15) is 0 Å². The summed E-state index contributed by atoms with van der Waals surface area (Å²) >= 11 is 3.44. The van der Waals surface area contributed by atoms with Crippen molar-refractivity contribution in [1.29, 1.82) is 0 Å². The molecule has 0 fully saturated rings. The first-order valence-corrected chi connectivity index (χ1v) is 7.15. The second-order valence-corrected chi connectivity index (χ2v) is 5.26. The van der Waals surface area contributed by atoms with Gasteiger partial charge in [-0.2, -0.15) is 0 Å². The van der Waals surface area contributed by atoms with Crippen LogP contribution < -0.4 is 10.1 Å². The van der Waals surface area contributed by atoms with Gasteiger partial charge in [-0.1, -0.05) is 22.9 Å². The van der Waals surface area contributed by atoms with Crippen molar-refractivity contribution < 1.29 is 9.15 Å². The van der Waals surface area contributed by atoms with Crippen LogP contribution in [0.15, 0.2) is 39.2 Å². The van der Waals surface area contributed by atoms with Crippen LogP contribution in [0.4, 0.5) is 0 Å². The van der Waals surface area contributed by atoms with Gasteiger partial charge in [0.05, 0.1) is 6.54 Å². The van der Waals surface area contributed by atoms with Crippen LogP contribution >= 0.6 is 15.9 Å². The second kappa shape index (κ2) is 6.78. The van der Waals surface area contributed by atoms with Crippen LogP contribution in [0.2, 0.25) is 0 Å². The summed E-state index contributed by atoms with van der Waals surface area (Å²) in [4.78, 5) is 0. The number of benzene rings is 1. The molecule has 19 heavy (non-hydrogen) atoms. The lowest BCUT2D eigenvalue weighted by atomic mass is 10.2. The predicted molar refractivity (Wildman–Crippen MR) is 79.3 cm³/mol. The van der Waals surface area contributed by atoms with Gasteiger partial charge in [0.1, 0.15) is 23.9 Å². The van der Waals surface area contributed by atoms with E-state index < -0.39 is 0 Å². The fourth-order valence-electron chi connectivity index (χ4n) is 1.77. The highest BCUT2D eigenvalue weighted by atomic mass is 79.9. The number of ether oxygens (including phenoxy) is 1.